The molecule has 0 radical (unpaired) electrons. The maximum atomic E-state index is 5.22. The van der Waals surface area contributed by atoms with E-state index in [2.05, 4.69) is 68.3 Å². The van der Waals surface area contributed by atoms with Crippen molar-refractivity contribution in [1.29, 1.82) is 0 Å². The molecule has 1 heterocycles. The largest absolute Gasteiger partial charge is 0.497 e. The highest BCUT2D eigenvalue weighted by Crippen LogP contribution is 2.44. The average Bonchev–Trinajstić information content (AvgIpc) is 2.70. The standard InChI is InChI=1S/C24H32N2O/c1-19-18-26(3)20(2)16-24(19,22-8-6-5-7-9-22)14-15-25-17-21-10-12-23(27-4)13-11-21/h5-13,17,19-20H,14-16,18H2,1-4H3/t19-,20-,24-/m1/s1. The third kappa shape index (κ3) is 4.41. The molecule has 144 valence electrons. The molecule has 3 heteroatoms. The minimum Gasteiger partial charge on any atom is -0.497 e. The zero-order valence-electron chi connectivity index (χ0n) is 17.1. The van der Waals surface area contributed by atoms with E-state index in [1.165, 1.54) is 12.0 Å². The summed E-state index contributed by atoms with van der Waals surface area (Å²) in [6.45, 7) is 6.74. The molecule has 0 amide bonds. The summed E-state index contributed by atoms with van der Waals surface area (Å²) in [6.07, 6.45) is 4.26. The van der Waals surface area contributed by atoms with Crippen molar-refractivity contribution in [2.24, 2.45) is 10.9 Å². The highest BCUT2D eigenvalue weighted by molar-refractivity contribution is 5.79. The van der Waals surface area contributed by atoms with Crippen LogP contribution in [-0.2, 0) is 5.41 Å². The van der Waals surface area contributed by atoms with Crippen LogP contribution < -0.4 is 4.74 Å². The first-order valence-electron chi connectivity index (χ1n) is 9.95. The first-order valence-corrected chi connectivity index (χ1v) is 9.95. The molecule has 3 rings (SSSR count). The molecule has 1 aliphatic rings. The molecule has 1 saturated heterocycles. The van der Waals surface area contributed by atoms with E-state index < -0.39 is 0 Å². The molecular formula is C24H32N2O. The van der Waals surface area contributed by atoms with Gasteiger partial charge in [-0.05, 0) is 68.1 Å². The second-order valence-corrected chi connectivity index (χ2v) is 7.97. The monoisotopic (exact) mass is 364 g/mol. The number of aliphatic imine (C=N–C) groups is 1. The molecule has 0 saturated carbocycles. The van der Waals surface area contributed by atoms with E-state index in [1.807, 2.05) is 18.3 Å². The van der Waals surface area contributed by atoms with Crippen LogP contribution in [0.2, 0.25) is 0 Å². The van der Waals surface area contributed by atoms with Gasteiger partial charge in [-0.15, -0.1) is 0 Å². The fourth-order valence-corrected chi connectivity index (χ4v) is 4.46. The number of methoxy groups -OCH3 is 1. The highest BCUT2D eigenvalue weighted by atomic mass is 16.5. The summed E-state index contributed by atoms with van der Waals surface area (Å²) >= 11 is 0. The van der Waals surface area contributed by atoms with Crippen LogP contribution >= 0.6 is 0 Å². The van der Waals surface area contributed by atoms with Gasteiger partial charge in [0.05, 0.1) is 7.11 Å². The molecule has 0 aliphatic carbocycles. The van der Waals surface area contributed by atoms with Crippen LogP contribution in [0.5, 0.6) is 5.75 Å². The Morgan fingerprint density at radius 2 is 1.81 bits per heavy atom. The first kappa shape index (κ1) is 19.6. The molecule has 0 spiro atoms. The van der Waals surface area contributed by atoms with Crippen LogP contribution in [0, 0.1) is 5.92 Å². The zero-order valence-corrected chi connectivity index (χ0v) is 17.1. The van der Waals surface area contributed by atoms with Crippen molar-refractivity contribution < 1.29 is 4.74 Å². The molecule has 0 unspecified atom stereocenters. The van der Waals surface area contributed by atoms with Gasteiger partial charge in [0.2, 0.25) is 0 Å². The molecule has 2 aromatic carbocycles. The second kappa shape index (κ2) is 8.71. The number of piperidine rings is 1. The van der Waals surface area contributed by atoms with E-state index in [0.717, 1.165) is 30.8 Å². The maximum Gasteiger partial charge on any atom is 0.118 e. The van der Waals surface area contributed by atoms with E-state index in [4.69, 9.17) is 9.73 Å². The zero-order chi connectivity index (χ0) is 19.3. The van der Waals surface area contributed by atoms with Gasteiger partial charge in [-0.25, -0.2) is 0 Å². The molecule has 0 N–H and O–H groups in total. The maximum absolute atomic E-state index is 5.22. The molecule has 0 bridgehead atoms. The Morgan fingerprint density at radius 1 is 1.11 bits per heavy atom. The van der Waals surface area contributed by atoms with E-state index in [1.54, 1.807) is 7.11 Å². The fraction of sp³-hybridized carbons (Fsp3) is 0.458. The first-order chi connectivity index (χ1) is 13.0. The summed E-state index contributed by atoms with van der Waals surface area (Å²) in [5, 5.41) is 0. The molecule has 1 aliphatic heterocycles. The minimum atomic E-state index is 0.199. The summed E-state index contributed by atoms with van der Waals surface area (Å²) in [6, 6.07) is 19.7. The smallest absolute Gasteiger partial charge is 0.118 e. The number of benzene rings is 2. The lowest BCUT2D eigenvalue weighted by molar-refractivity contribution is 0.0705. The van der Waals surface area contributed by atoms with Gasteiger partial charge >= 0.3 is 0 Å². The van der Waals surface area contributed by atoms with E-state index in [-0.39, 0.29) is 5.41 Å². The Kier molecular flexibility index (Phi) is 6.33. The van der Waals surface area contributed by atoms with Crippen LogP contribution in [-0.4, -0.2) is 44.4 Å². The summed E-state index contributed by atoms with van der Waals surface area (Å²) in [5.41, 5.74) is 2.79. The fourth-order valence-electron chi connectivity index (χ4n) is 4.46. The summed E-state index contributed by atoms with van der Waals surface area (Å²) in [7, 11) is 3.94. The molecule has 3 atom stereocenters. The van der Waals surface area contributed by atoms with E-state index in [9.17, 15) is 0 Å². The summed E-state index contributed by atoms with van der Waals surface area (Å²) < 4.78 is 5.22. The van der Waals surface area contributed by atoms with Gasteiger partial charge < -0.3 is 9.64 Å². The van der Waals surface area contributed by atoms with Gasteiger partial charge in [0.15, 0.2) is 0 Å². The van der Waals surface area contributed by atoms with Gasteiger partial charge in [-0.3, -0.25) is 4.99 Å². The van der Waals surface area contributed by atoms with Crippen molar-refractivity contribution in [2.75, 3.05) is 27.2 Å². The number of ether oxygens (including phenoxy) is 1. The number of rotatable bonds is 6. The van der Waals surface area contributed by atoms with Gasteiger partial charge in [0, 0.05) is 30.8 Å². The lowest BCUT2D eigenvalue weighted by Gasteiger charge is -2.49. The molecule has 0 aromatic heterocycles. The van der Waals surface area contributed by atoms with Gasteiger partial charge in [0.25, 0.3) is 0 Å². The molecule has 2 aromatic rings. The average molecular weight is 365 g/mol. The lowest BCUT2D eigenvalue weighted by Crippen LogP contribution is -2.51. The van der Waals surface area contributed by atoms with Gasteiger partial charge in [0.1, 0.15) is 5.75 Å². The number of hydrogen-bond donors (Lipinski definition) is 0. The quantitative estimate of drug-likeness (QED) is 0.688. The SMILES string of the molecule is COc1ccc(C=NCC[C@@]2(c3ccccc3)C[C@@H](C)N(C)C[C@H]2C)cc1. The highest BCUT2D eigenvalue weighted by Gasteiger charge is 2.43. The Hall–Kier alpha value is -2.13. The molecule has 3 nitrogen and oxygen atoms in total. The summed E-state index contributed by atoms with van der Waals surface area (Å²) in [4.78, 5) is 7.25. The number of likely N-dealkylation sites (tertiary alicyclic amines) is 1. The third-order valence-electron chi connectivity index (χ3n) is 6.31. The topological polar surface area (TPSA) is 24.8 Å². The molecule has 1 fully saturated rings. The van der Waals surface area contributed by atoms with Crippen LogP contribution in [0.4, 0.5) is 0 Å². The predicted octanol–water partition coefficient (Wildman–Crippen LogP) is 4.80. The van der Waals surface area contributed by atoms with E-state index in [0.29, 0.717) is 12.0 Å². The Balaban J connectivity index is 1.75. The normalized spacial score (nSPS) is 26.4. The third-order valence-corrected chi connectivity index (χ3v) is 6.31. The van der Waals surface area contributed by atoms with Crippen molar-refractivity contribution in [3.63, 3.8) is 0 Å². The van der Waals surface area contributed by atoms with Crippen LogP contribution in [0.3, 0.4) is 0 Å². The van der Waals surface area contributed by atoms with Crippen molar-refractivity contribution >= 4 is 6.21 Å². The van der Waals surface area contributed by atoms with Crippen molar-refractivity contribution in [1.82, 2.24) is 4.90 Å². The van der Waals surface area contributed by atoms with Crippen LogP contribution in [0.25, 0.3) is 0 Å². The van der Waals surface area contributed by atoms with Crippen LogP contribution in [0.15, 0.2) is 59.6 Å². The molecule has 27 heavy (non-hydrogen) atoms. The Labute approximate surface area is 164 Å². The van der Waals surface area contributed by atoms with Crippen molar-refractivity contribution in [3.05, 3.63) is 65.7 Å². The second-order valence-electron chi connectivity index (χ2n) is 7.97. The van der Waals surface area contributed by atoms with Crippen LogP contribution in [0.1, 0.15) is 37.8 Å². The molecular weight excluding hydrogens is 332 g/mol. The van der Waals surface area contributed by atoms with E-state index >= 15 is 0 Å². The summed E-state index contributed by atoms with van der Waals surface area (Å²) in [5.74, 6) is 1.49. The lowest BCUT2D eigenvalue weighted by atomic mass is 9.63. The number of nitrogens with zero attached hydrogens (tertiary/aromatic N) is 2. The number of hydrogen-bond acceptors (Lipinski definition) is 3. The minimum absolute atomic E-state index is 0.199. The van der Waals surface area contributed by atoms with Gasteiger partial charge in [-0.2, -0.15) is 0 Å². The van der Waals surface area contributed by atoms with Gasteiger partial charge in [-0.1, -0.05) is 37.3 Å². The Morgan fingerprint density at radius 3 is 2.48 bits per heavy atom. The predicted molar refractivity (Wildman–Crippen MR) is 114 cm³/mol. The Bertz CT molecular complexity index is 741. The van der Waals surface area contributed by atoms with Crippen molar-refractivity contribution in [2.45, 2.75) is 38.1 Å². The van der Waals surface area contributed by atoms with Crippen molar-refractivity contribution in [3.8, 4) is 5.75 Å².